The minimum Gasteiger partial charge on any atom is -0.756 e. The van der Waals surface area contributed by atoms with E-state index in [1.807, 2.05) is 45.4 Å². The van der Waals surface area contributed by atoms with Gasteiger partial charge in [0.15, 0.2) is 11.9 Å². The van der Waals surface area contributed by atoms with Crippen LogP contribution in [-0.4, -0.2) is 87.0 Å². The lowest BCUT2D eigenvalue weighted by atomic mass is 9.90. The highest BCUT2D eigenvalue weighted by Crippen LogP contribution is 2.38. The number of hydrogen-bond acceptors (Lipinski definition) is 10. The molecule has 0 aliphatic heterocycles. The van der Waals surface area contributed by atoms with Gasteiger partial charge in [-0.05, 0) is 82.6 Å². The van der Waals surface area contributed by atoms with Crippen LogP contribution in [0.4, 0.5) is 0 Å². The van der Waals surface area contributed by atoms with E-state index in [-0.39, 0.29) is 43.7 Å². The van der Waals surface area contributed by atoms with Gasteiger partial charge >= 0.3 is 11.9 Å². The standard InChI is InChI=1S/C46H76NO10P/c1-6-8-10-11-12-13-14-15-16-17-18-19-20-21-27-31-46(51)57-42(39-56-58(52,53)55-37-36-47(3,4)5)38-54-45(50)30-26-23-22-25-28-40-32-35-44(49)43(40)34-33-41(48)29-24-9-7-2/h12-13,15-16,18-19,22,25,32-35,40-43,48H,6-11,14,17,20-21,23-24,26-31,36-39H2,1-5H3/b13-12-,16-15-,19-18-,25-22-,34-33+/t40-,41-,42+,43+/m0/s1. The first-order valence-electron chi connectivity index (χ1n) is 21.7. The van der Waals surface area contributed by atoms with E-state index in [0.29, 0.717) is 43.1 Å². The highest BCUT2D eigenvalue weighted by molar-refractivity contribution is 7.45. The number of rotatable bonds is 35. The van der Waals surface area contributed by atoms with Crippen LogP contribution in [0.5, 0.6) is 0 Å². The quantitative estimate of drug-likeness (QED) is 0.0215. The molecule has 58 heavy (non-hydrogen) atoms. The lowest BCUT2D eigenvalue weighted by molar-refractivity contribution is -0.870. The fraction of sp³-hybridized carbons (Fsp3) is 0.674. The number of phosphoric ester groups is 1. The second-order valence-electron chi connectivity index (χ2n) is 16.0. The summed E-state index contributed by atoms with van der Waals surface area (Å²) >= 11 is 0. The largest absolute Gasteiger partial charge is 0.756 e. The molecule has 0 bridgehead atoms. The second-order valence-corrected chi connectivity index (χ2v) is 17.4. The van der Waals surface area contributed by atoms with Crippen LogP contribution in [0.1, 0.15) is 129 Å². The van der Waals surface area contributed by atoms with E-state index in [1.54, 1.807) is 12.2 Å². The molecule has 1 aliphatic carbocycles. The lowest BCUT2D eigenvalue weighted by Gasteiger charge is -2.28. The summed E-state index contributed by atoms with van der Waals surface area (Å²) in [5.74, 6) is -1.26. The first-order chi connectivity index (χ1) is 27.8. The molecule has 0 aromatic rings. The topological polar surface area (TPSA) is 148 Å². The number of likely N-dealkylation sites (N-methyl/N-ethyl adjacent to an activating group) is 1. The summed E-state index contributed by atoms with van der Waals surface area (Å²) in [4.78, 5) is 50.0. The van der Waals surface area contributed by atoms with Crippen molar-refractivity contribution in [2.45, 2.75) is 142 Å². The number of aliphatic hydroxyl groups is 1. The predicted octanol–water partition coefficient (Wildman–Crippen LogP) is 9.22. The maximum absolute atomic E-state index is 12.7. The molecule has 11 nitrogen and oxygen atoms in total. The number of hydrogen-bond donors (Lipinski definition) is 1. The van der Waals surface area contributed by atoms with Crippen molar-refractivity contribution < 1.29 is 52.0 Å². The lowest BCUT2D eigenvalue weighted by Crippen LogP contribution is -2.37. The Labute approximate surface area is 350 Å². The zero-order valence-corrected chi connectivity index (χ0v) is 37.2. The Balaban J connectivity index is 2.51. The van der Waals surface area contributed by atoms with E-state index < -0.39 is 38.6 Å². The summed E-state index contributed by atoms with van der Waals surface area (Å²) in [5.41, 5.74) is 0. The maximum atomic E-state index is 12.7. The van der Waals surface area contributed by atoms with Crippen LogP contribution in [0.15, 0.2) is 72.9 Å². The molecule has 0 fully saturated rings. The van der Waals surface area contributed by atoms with Gasteiger partial charge in [0.1, 0.15) is 19.8 Å². The summed E-state index contributed by atoms with van der Waals surface area (Å²) < 4.78 is 33.8. The number of esters is 2. The first-order valence-corrected chi connectivity index (χ1v) is 23.2. The predicted molar refractivity (Wildman–Crippen MR) is 231 cm³/mol. The summed E-state index contributed by atoms with van der Waals surface area (Å²) in [7, 11) is 1.02. The highest BCUT2D eigenvalue weighted by Gasteiger charge is 2.27. The van der Waals surface area contributed by atoms with Gasteiger partial charge < -0.3 is 33.0 Å². The number of carbonyl (C=O) groups excluding carboxylic acids is 3. The summed E-state index contributed by atoms with van der Waals surface area (Å²) in [6.07, 6.45) is 37.1. The van der Waals surface area contributed by atoms with E-state index in [2.05, 4.69) is 50.3 Å². The Kier molecular flexibility index (Phi) is 30.1. The third kappa shape index (κ3) is 30.2. The zero-order chi connectivity index (χ0) is 42.9. The number of allylic oxidation sites excluding steroid dienone is 11. The van der Waals surface area contributed by atoms with Crippen molar-refractivity contribution in [2.75, 3.05) is 47.5 Å². The molecular formula is C46H76NO10P. The number of ether oxygens (including phenoxy) is 2. The smallest absolute Gasteiger partial charge is 0.306 e. The van der Waals surface area contributed by atoms with Gasteiger partial charge in [0.25, 0.3) is 7.82 Å². The van der Waals surface area contributed by atoms with E-state index >= 15 is 0 Å². The summed E-state index contributed by atoms with van der Waals surface area (Å²) in [5, 5.41) is 10.2. The van der Waals surface area contributed by atoms with Gasteiger partial charge in [-0.25, -0.2) is 0 Å². The molecule has 0 spiro atoms. The summed E-state index contributed by atoms with van der Waals surface area (Å²) in [6, 6.07) is 0. The number of quaternary nitrogens is 1. The van der Waals surface area contributed by atoms with Crippen molar-refractivity contribution in [1.82, 2.24) is 0 Å². The molecule has 0 amide bonds. The van der Waals surface area contributed by atoms with Gasteiger partial charge in [-0.3, -0.25) is 18.9 Å². The molecule has 12 heteroatoms. The van der Waals surface area contributed by atoms with Gasteiger partial charge in [-0.2, -0.15) is 0 Å². The fourth-order valence-corrected chi connectivity index (χ4v) is 6.61. The van der Waals surface area contributed by atoms with Crippen LogP contribution in [0, 0.1) is 11.8 Å². The number of unbranched alkanes of at least 4 members (excludes halogenated alkanes) is 8. The Morgan fingerprint density at radius 3 is 2.09 bits per heavy atom. The number of nitrogens with zero attached hydrogens (tertiary/aromatic N) is 1. The van der Waals surface area contributed by atoms with E-state index in [0.717, 1.165) is 51.4 Å². The molecule has 1 aliphatic rings. The second kappa shape index (κ2) is 32.9. The van der Waals surface area contributed by atoms with Crippen LogP contribution >= 0.6 is 7.82 Å². The van der Waals surface area contributed by atoms with Crippen LogP contribution in [-0.2, 0) is 37.5 Å². The van der Waals surface area contributed by atoms with Gasteiger partial charge in [-0.1, -0.05) is 113 Å². The van der Waals surface area contributed by atoms with Crippen LogP contribution in [0.2, 0.25) is 0 Å². The van der Waals surface area contributed by atoms with Gasteiger partial charge in [0.05, 0.1) is 33.9 Å². The van der Waals surface area contributed by atoms with Crippen molar-refractivity contribution in [3.63, 3.8) is 0 Å². The van der Waals surface area contributed by atoms with Crippen molar-refractivity contribution in [3.05, 3.63) is 72.9 Å². The van der Waals surface area contributed by atoms with Gasteiger partial charge in [0, 0.05) is 18.8 Å². The molecule has 0 radical (unpaired) electrons. The highest BCUT2D eigenvalue weighted by atomic mass is 31.2. The first kappa shape index (κ1) is 53.1. The molecule has 1 N–H and O–H groups in total. The average Bonchev–Trinajstić information content (AvgIpc) is 3.52. The van der Waals surface area contributed by atoms with Crippen molar-refractivity contribution in [2.24, 2.45) is 11.8 Å². The third-order valence-corrected chi connectivity index (χ3v) is 10.4. The Bertz CT molecular complexity index is 1360. The van der Waals surface area contributed by atoms with Crippen LogP contribution < -0.4 is 4.89 Å². The minimum absolute atomic E-state index is 0.0223. The zero-order valence-electron chi connectivity index (χ0n) is 36.3. The van der Waals surface area contributed by atoms with E-state index in [9.17, 15) is 28.9 Å². The molecule has 5 atom stereocenters. The molecule has 1 unspecified atom stereocenters. The van der Waals surface area contributed by atoms with E-state index in [1.165, 1.54) is 19.3 Å². The Morgan fingerprint density at radius 1 is 0.810 bits per heavy atom. The SMILES string of the molecule is CCCCC/C=C\C/C=C\C/C=C\CCCCC(=O)O[C@H](COC(=O)CCC/C=C\C[C@H]1C=CC(=O)[C@@H]1/C=C/[C@@H](O)CCCCC)COP(=O)([O-])OCC[N+](C)(C)C. The molecule has 0 saturated heterocycles. The fourth-order valence-electron chi connectivity index (χ4n) is 5.88. The molecule has 1 rings (SSSR count). The monoisotopic (exact) mass is 834 g/mol. The van der Waals surface area contributed by atoms with E-state index in [4.69, 9.17) is 18.5 Å². The maximum Gasteiger partial charge on any atom is 0.306 e. The number of phosphoric acid groups is 1. The van der Waals surface area contributed by atoms with Crippen LogP contribution in [0.25, 0.3) is 0 Å². The number of carbonyl (C=O) groups is 3. The average molecular weight is 834 g/mol. The Morgan fingerprint density at radius 2 is 1.41 bits per heavy atom. The molecule has 330 valence electrons. The molecule has 0 heterocycles. The number of aliphatic hydroxyl groups excluding tert-OH is 1. The molecule has 0 saturated carbocycles. The van der Waals surface area contributed by atoms with Crippen molar-refractivity contribution in [1.29, 1.82) is 0 Å². The third-order valence-electron chi connectivity index (χ3n) is 9.45. The van der Waals surface area contributed by atoms with Crippen molar-refractivity contribution in [3.8, 4) is 0 Å². The van der Waals surface area contributed by atoms with Gasteiger partial charge in [-0.15, -0.1) is 0 Å². The number of ketones is 1. The van der Waals surface area contributed by atoms with Crippen LogP contribution in [0.3, 0.4) is 0 Å². The van der Waals surface area contributed by atoms with Crippen molar-refractivity contribution >= 4 is 25.5 Å². The molecular weight excluding hydrogens is 757 g/mol. The molecule has 0 aromatic carbocycles. The normalized spacial score (nSPS) is 18.4. The van der Waals surface area contributed by atoms with Gasteiger partial charge in [0.2, 0.25) is 0 Å². The minimum atomic E-state index is -4.69. The summed E-state index contributed by atoms with van der Waals surface area (Å²) in [6.45, 7) is 3.79. The Hall–Kier alpha value is -2.92. The molecule has 0 aromatic heterocycles.